The molecule has 0 aromatic carbocycles. The van der Waals surface area contributed by atoms with Gasteiger partial charge in [-0.3, -0.25) is 9.59 Å². The van der Waals surface area contributed by atoms with Crippen LogP contribution in [0.25, 0.3) is 0 Å². The molecular formula is C13H19NO7. The Balaban J connectivity index is 5.08. The molecule has 0 atom stereocenters. The van der Waals surface area contributed by atoms with Crippen molar-refractivity contribution in [3.8, 4) is 0 Å². The fourth-order valence-electron chi connectivity index (χ4n) is 1.30. The van der Waals surface area contributed by atoms with Gasteiger partial charge in [-0.25, -0.2) is 9.59 Å². The lowest BCUT2D eigenvalue weighted by atomic mass is 10.2. The molecule has 8 nitrogen and oxygen atoms in total. The first kappa shape index (κ1) is 18.6. The molecule has 1 amide bonds. The van der Waals surface area contributed by atoms with Crippen molar-refractivity contribution in [1.82, 2.24) is 4.90 Å². The van der Waals surface area contributed by atoms with E-state index in [-0.39, 0.29) is 19.8 Å². The second-order valence-corrected chi connectivity index (χ2v) is 3.77. The molecule has 0 N–H and O–H groups in total. The summed E-state index contributed by atoms with van der Waals surface area (Å²) < 4.78 is 13.8. The van der Waals surface area contributed by atoms with Crippen LogP contribution in [-0.2, 0) is 33.4 Å². The van der Waals surface area contributed by atoms with Crippen molar-refractivity contribution in [3.05, 3.63) is 11.6 Å². The lowest BCUT2D eigenvalue weighted by Gasteiger charge is -2.16. The second kappa shape index (κ2) is 9.51. The van der Waals surface area contributed by atoms with Crippen LogP contribution in [0.5, 0.6) is 0 Å². The van der Waals surface area contributed by atoms with Gasteiger partial charge in [0.05, 0.1) is 20.3 Å². The molecule has 0 heterocycles. The molecule has 118 valence electrons. The van der Waals surface area contributed by atoms with E-state index in [0.29, 0.717) is 0 Å². The third-order valence-corrected chi connectivity index (χ3v) is 2.20. The van der Waals surface area contributed by atoms with Gasteiger partial charge in [-0.2, -0.15) is 0 Å². The molecule has 8 heteroatoms. The fraction of sp³-hybridized carbons (Fsp3) is 0.538. The lowest BCUT2D eigenvalue weighted by molar-refractivity contribution is -0.149. The van der Waals surface area contributed by atoms with Crippen molar-refractivity contribution in [2.24, 2.45) is 0 Å². The molecular weight excluding hydrogens is 282 g/mol. The molecule has 0 aromatic rings. The summed E-state index contributed by atoms with van der Waals surface area (Å²) in [5.74, 6) is -3.32. The zero-order valence-corrected chi connectivity index (χ0v) is 12.5. The van der Waals surface area contributed by atoms with Crippen molar-refractivity contribution in [3.63, 3.8) is 0 Å². The molecule has 0 rings (SSSR count). The number of likely N-dealkylation sites (N-methyl/N-ethyl adjacent to an activating group) is 1. The molecule has 0 fully saturated rings. The maximum atomic E-state index is 12.1. The molecule has 21 heavy (non-hydrogen) atoms. The minimum Gasteiger partial charge on any atom is -0.465 e. The highest BCUT2D eigenvalue weighted by atomic mass is 16.5. The monoisotopic (exact) mass is 301 g/mol. The summed E-state index contributed by atoms with van der Waals surface area (Å²) in [5, 5.41) is 0. The maximum Gasteiger partial charge on any atom is 0.343 e. The minimum absolute atomic E-state index is 0.0939. The van der Waals surface area contributed by atoms with Crippen molar-refractivity contribution >= 4 is 23.8 Å². The maximum absolute atomic E-state index is 12.1. The van der Waals surface area contributed by atoms with Crippen LogP contribution in [0.15, 0.2) is 11.6 Å². The Bertz CT molecular complexity index is 442. The smallest absolute Gasteiger partial charge is 0.343 e. The first-order valence-electron chi connectivity index (χ1n) is 6.25. The first-order valence-corrected chi connectivity index (χ1v) is 6.25. The molecule has 0 unspecified atom stereocenters. The van der Waals surface area contributed by atoms with E-state index in [4.69, 9.17) is 0 Å². The molecule has 0 saturated heterocycles. The summed E-state index contributed by atoms with van der Waals surface area (Å²) in [7, 11) is 2.36. The second-order valence-electron chi connectivity index (χ2n) is 3.77. The van der Waals surface area contributed by atoms with E-state index in [1.807, 2.05) is 0 Å². The van der Waals surface area contributed by atoms with Gasteiger partial charge in [-0.15, -0.1) is 0 Å². The van der Waals surface area contributed by atoms with E-state index in [2.05, 4.69) is 14.2 Å². The summed E-state index contributed by atoms with van der Waals surface area (Å²) in [6.45, 7) is 3.11. The van der Waals surface area contributed by atoms with E-state index >= 15 is 0 Å². The summed E-state index contributed by atoms with van der Waals surface area (Å²) in [4.78, 5) is 47.2. The van der Waals surface area contributed by atoms with Crippen molar-refractivity contribution in [2.75, 3.05) is 33.9 Å². The Labute approximate surface area is 122 Å². The predicted molar refractivity (Wildman–Crippen MR) is 71.0 cm³/mol. The normalized spacial score (nSPS) is 10.6. The zero-order chi connectivity index (χ0) is 16.4. The predicted octanol–water partition coefficient (Wildman–Crippen LogP) is -0.330. The molecule has 0 spiro atoms. The van der Waals surface area contributed by atoms with Crippen LogP contribution in [0.1, 0.15) is 13.8 Å². The summed E-state index contributed by atoms with van der Waals surface area (Å²) in [6.07, 6.45) is 0.735. The van der Waals surface area contributed by atoms with E-state index in [0.717, 1.165) is 18.1 Å². The Hall–Kier alpha value is -2.38. The van der Waals surface area contributed by atoms with Gasteiger partial charge in [0.15, 0.2) is 0 Å². The molecule has 0 aromatic heterocycles. The SMILES string of the molecule is CCOC(=O)/C=C(/C(=O)OC)C(=O)N(C)CC(=O)OCC. The molecule has 0 bridgehead atoms. The van der Waals surface area contributed by atoms with Crippen molar-refractivity contribution < 1.29 is 33.4 Å². The number of hydrogen-bond donors (Lipinski definition) is 0. The van der Waals surface area contributed by atoms with Gasteiger partial charge in [0.1, 0.15) is 12.1 Å². The summed E-state index contributed by atoms with van der Waals surface area (Å²) in [6, 6.07) is 0. The van der Waals surface area contributed by atoms with Gasteiger partial charge in [-0.05, 0) is 13.8 Å². The molecule has 0 saturated carbocycles. The number of nitrogens with zero attached hydrogens (tertiary/aromatic N) is 1. The fourth-order valence-corrected chi connectivity index (χ4v) is 1.30. The standard InChI is InChI=1S/C13H19NO7/c1-5-20-10(15)7-9(13(18)19-4)12(17)14(3)8-11(16)21-6-2/h7H,5-6,8H2,1-4H3/b9-7+. The van der Waals surface area contributed by atoms with Gasteiger partial charge in [0.2, 0.25) is 0 Å². The summed E-state index contributed by atoms with van der Waals surface area (Å²) in [5.41, 5.74) is -0.525. The molecule has 0 radical (unpaired) electrons. The highest BCUT2D eigenvalue weighted by Crippen LogP contribution is 2.04. The highest BCUT2D eigenvalue weighted by Gasteiger charge is 2.25. The number of carbonyl (C=O) groups is 4. The quantitative estimate of drug-likeness (QED) is 0.209. The van der Waals surface area contributed by atoms with Gasteiger partial charge in [0.25, 0.3) is 5.91 Å². The van der Waals surface area contributed by atoms with E-state index < -0.39 is 29.4 Å². The Morgan fingerprint density at radius 2 is 1.62 bits per heavy atom. The van der Waals surface area contributed by atoms with E-state index in [9.17, 15) is 19.2 Å². The highest BCUT2D eigenvalue weighted by molar-refractivity contribution is 6.19. The topological polar surface area (TPSA) is 99.2 Å². The van der Waals surface area contributed by atoms with Crippen LogP contribution < -0.4 is 0 Å². The van der Waals surface area contributed by atoms with Gasteiger partial charge >= 0.3 is 17.9 Å². The number of esters is 3. The third-order valence-electron chi connectivity index (χ3n) is 2.20. The average molecular weight is 301 g/mol. The van der Waals surface area contributed by atoms with Crippen LogP contribution in [0.2, 0.25) is 0 Å². The molecule has 0 aliphatic carbocycles. The van der Waals surface area contributed by atoms with Crippen LogP contribution in [0, 0.1) is 0 Å². The average Bonchev–Trinajstić information content (AvgIpc) is 2.43. The van der Waals surface area contributed by atoms with Gasteiger partial charge < -0.3 is 19.1 Å². The van der Waals surface area contributed by atoms with E-state index in [1.54, 1.807) is 13.8 Å². The number of carbonyl (C=O) groups excluding carboxylic acids is 4. The number of rotatable bonds is 7. The number of amides is 1. The van der Waals surface area contributed by atoms with Crippen molar-refractivity contribution in [2.45, 2.75) is 13.8 Å². The minimum atomic E-state index is -0.997. The molecule has 0 aliphatic rings. The Morgan fingerprint density at radius 3 is 2.10 bits per heavy atom. The lowest BCUT2D eigenvalue weighted by Crippen LogP contribution is -2.36. The Kier molecular flexibility index (Phi) is 8.43. The molecule has 0 aliphatic heterocycles. The summed E-state index contributed by atoms with van der Waals surface area (Å²) >= 11 is 0. The first-order chi connectivity index (χ1) is 9.87. The van der Waals surface area contributed by atoms with Gasteiger partial charge in [0, 0.05) is 13.1 Å². The van der Waals surface area contributed by atoms with Crippen LogP contribution in [-0.4, -0.2) is 62.6 Å². The van der Waals surface area contributed by atoms with Crippen LogP contribution in [0.4, 0.5) is 0 Å². The third kappa shape index (κ3) is 6.55. The van der Waals surface area contributed by atoms with Gasteiger partial charge in [-0.1, -0.05) is 0 Å². The number of ether oxygens (including phenoxy) is 3. The van der Waals surface area contributed by atoms with Crippen LogP contribution in [0.3, 0.4) is 0 Å². The largest absolute Gasteiger partial charge is 0.465 e. The number of methoxy groups -OCH3 is 1. The Morgan fingerprint density at radius 1 is 1.05 bits per heavy atom. The van der Waals surface area contributed by atoms with Crippen molar-refractivity contribution in [1.29, 1.82) is 0 Å². The van der Waals surface area contributed by atoms with Crippen LogP contribution >= 0.6 is 0 Å². The number of hydrogen-bond acceptors (Lipinski definition) is 7. The zero-order valence-electron chi connectivity index (χ0n) is 12.5. The van der Waals surface area contributed by atoms with E-state index in [1.165, 1.54) is 7.05 Å².